The number of carbonyl (C=O) groups is 1. The Hall–Kier alpha value is -2.08. The van der Waals surface area contributed by atoms with Gasteiger partial charge in [-0.2, -0.15) is 0 Å². The van der Waals surface area contributed by atoms with E-state index in [0.717, 1.165) is 24.0 Å². The summed E-state index contributed by atoms with van der Waals surface area (Å²) in [7, 11) is 0. The first kappa shape index (κ1) is 19.2. The molecule has 2 aromatic rings. The van der Waals surface area contributed by atoms with Crippen LogP contribution in [-0.4, -0.2) is 39.9 Å². The molecule has 6 nitrogen and oxygen atoms in total. The fourth-order valence-corrected chi connectivity index (χ4v) is 3.02. The van der Waals surface area contributed by atoms with Gasteiger partial charge in [-0.15, -0.1) is 0 Å². The van der Waals surface area contributed by atoms with Crippen molar-refractivity contribution in [3.05, 3.63) is 30.6 Å². The fourth-order valence-electron chi connectivity index (χ4n) is 3.02. The maximum Gasteiger partial charge on any atom is 0.314 e. The first-order chi connectivity index (χ1) is 11.8. The summed E-state index contributed by atoms with van der Waals surface area (Å²) >= 11 is 0. The summed E-state index contributed by atoms with van der Waals surface area (Å²) in [5, 5.41) is 15.9. The second-order valence-corrected chi connectivity index (χ2v) is 7.57. The standard InChI is InChI=1S/C19H30N4O2/c1-14(2)17(24)19(3,4)12-21-18(25)20-10-7-11-23-13-22-15-8-5-6-9-16(15)23/h5-6,8-9,13-14,17,24H,7,10-12H2,1-4H3,(H2,20,21,25). The average molecular weight is 346 g/mol. The Morgan fingerprint density at radius 1 is 1.28 bits per heavy atom. The maximum atomic E-state index is 11.9. The molecule has 1 atom stereocenters. The molecule has 2 amide bonds. The molecule has 6 heteroatoms. The van der Waals surface area contributed by atoms with Crippen molar-refractivity contribution in [2.75, 3.05) is 13.1 Å². The Balaban J connectivity index is 1.70. The van der Waals surface area contributed by atoms with E-state index < -0.39 is 6.10 Å². The van der Waals surface area contributed by atoms with E-state index in [4.69, 9.17) is 0 Å². The lowest BCUT2D eigenvalue weighted by atomic mass is 9.81. The lowest BCUT2D eigenvalue weighted by molar-refractivity contribution is 0.0151. The predicted molar refractivity (Wildman–Crippen MR) is 100 cm³/mol. The molecule has 0 aliphatic carbocycles. The first-order valence-electron chi connectivity index (χ1n) is 8.91. The van der Waals surface area contributed by atoms with Gasteiger partial charge in [0.2, 0.25) is 0 Å². The van der Waals surface area contributed by atoms with Crippen LogP contribution in [0, 0.1) is 11.3 Å². The molecule has 0 aliphatic heterocycles. The number of para-hydroxylation sites is 2. The van der Waals surface area contributed by atoms with Crippen LogP contribution < -0.4 is 10.6 Å². The Bertz CT molecular complexity index is 694. The molecule has 25 heavy (non-hydrogen) atoms. The van der Waals surface area contributed by atoms with Gasteiger partial charge >= 0.3 is 6.03 Å². The zero-order valence-electron chi connectivity index (χ0n) is 15.6. The monoisotopic (exact) mass is 346 g/mol. The summed E-state index contributed by atoms with van der Waals surface area (Å²) in [4.78, 5) is 16.3. The molecule has 1 aromatic carbocycles. The van der Waals surface area contributed by atoms with E-state index in [2.05, 4.69) is 20.2 Å². The van der Waals surface area contributed by atoms with Crippen molar-refractivity contribution in [2.24, 2.45) is 11.3 Å². The zero-order valence-corrected chi connectivity index (χ0v) is 15.6. The van der Waals surface area contributed by atoms with Gasteiger partial charge in [0.1, 0.15) is 0 Å². The molecule has 3 N–H and O–H groups in total. The summed E-state index contributed by atoms with van der Waals surface area (Å²) in [5.74, 6) is 0.157. The van der Waals surface area contributed by atoms with Gasteiger partial charge in [0.25, 0.3) is 0 Å². The topological polar surface area (TPSA) is 79.2 Å². The van der Waals surface area contributed by atoms with Crippen molar-refractivity contribution >= 4 is 17.1 Å². The SMILES string of the molecule is CC(C)C(O)C(C)(C)CNC(=O)NCCCn1cnc2ccccc21. The third kappa shape index (κ3) is 5.19. The Morgan fingerprint density at radius 3 is 2.72 bits per heavy atom. The van der Waals surface area contributed by atoms with Crippen molar-refractivity contribution in [3.63, 3.8) is 0 Å². The maximum absolute atomic E-state index is 11.9. The highest BCUT2D eigenvalue weighted by atomic mass is 16.3. The van der Waals surface area contributed by atoms with Crippen LogP contribution >= 0.6 is 0 Å². The number of amides is 2. The number of rotatable bonds is 8. The highest BCUT2D eigenvalue weighted by Gasteiger charge is 2.30. The number of fused-ring (bicyclic) bond motifs is 1. The number of aliphatic hydroxyl groups is 1. The van der Waals surface area contributed by atoms with Crippen LogP contribution in [0.2, 0.25) is 0 Å². The van der Waals surface area contributed by atoms with E-state index in [9.17, 15) is 9.90 Å². The Kier molecular flexibility index (Phi) is 6.42. The van der Waals surface area contributed by atoms with Crippen molar-refractivity contribution in [1.29, 1.82) is 0 Å². The van der Waals surface area contributed by atoms with E-state index in [1.807, 2.05) is 58.3 Å². The van der Waals surface area contributed by atoms with Crippen LogP contribution in [0.25, 0.3) is 11.0 Å². The average Bonchev–Trinajstić information content (AvgIpc) is 2.99. The number of hydrogen-bond acceptors (Lipinski definition) is 3. The van der Waals surface area contributed by atoms with Crippen molar-refractivity contribution in [2.45, 2.75) is 46.8 Å². The largest absolute Gasteiger partial charge is 0.392 e. The number of aromatic nitrogens is 2. The van der Waals surface area contributed by atoms with Gasteiger partial charge in [0.15, 0.2) is 0 Å². The van der Waals surface area contributed by atoms with Crippen molar-refractivity contribution in [3.8, 4) is 0 Å². The quantitative estimate of drug-likeness (QED) is 0.643. The molecule has 0 spiro atoms. The smallest absolute Gasteiger partial charge is 0.314 e. The Morgan fingerprint density at radius 2 is 2.00 bits per heavy atom. The molecule has 1 heterocycles. The van der Waals surface area contributed by atoms with Crippen molar-refractivity contribution < 1.29 is 9.90 Å². The number of imidazole rings is 1. The van der Waals surface area contributed by atoms with Crippen LogP contribution in [0.4, 0.5) is 4.79 Å². The molecule has 0 bridgehead atoms. The van der Waals surface area contributed by atoms with Gasteiger partial charge in [0, 0.05) is 25.0 Å². The molecule has 138 valence electrons. The van der Waals surface area contributed by atoms with Crippen LogP contribution in [0.15, 0.2) is 30.6 Å². The highest BCUT2D eigenvalue weighted by molar-refractivity contribution is 5.75. The summed E-state index contributed by atoms with van der Waals surface area (Å²) in [6, 6.07) is 7.82. The van der Waals surface area contributed by atoms with Gasteiger partial charge in [0.05, 0.1) is 23.5 Å². The van der Waals surface area contributed by atoms with Gasteiger partial charge in [-0.1, -0.05) is 39.8 Å². The van der Waals surface area contributed by atoms with Gasteiger partial charge in [-0.05, 0) is 24.5 Å². The summed E-state index contributed by atoms with van der Waals surface area (Å²) in [6.45, 7) is 9.71. The first-order valence-corrected chi connectivity index (χ1v) is 8.91. The number of aliphatic hydroxyl groups excluding tert-OH is 1. The molecule has 0 radical (unpaired) electrons. The minimum absolute atomic E-state index is 0.157. The van der Waals surface area contributed by atoms with E-state index in [-0.39, 0.29) is 17.4 Å². The zero-order chi connectivity index (χ0) is 18.4. The molecule has 0 saturated heterocycles. The molecule has 0 fully saturated rings. The van der Waals surface area contributed by atoms with E-state index >= 15 is 0 Å². The number of urea groups is 1. The molecular formula is C19H30N4O2. The number of hydrogen-bond donors (Lipinski definition) is 3. The third-order valence-electron chi connectivity index (χ3n) is 4.53. The third-order valence-corrected chi connectivity index (χ3v) is 4.53. The molecule has 1 unspecified atom stereocenters. The minimum atomic E-state index is -0.456. The lowest BCUT2D eigenvalue weighted by Gasteiger charge is -2.33. The summed E-state index contributed by atoms with van der Waals surface area (Å²) in [6.07, 6.45) is 2.20. The number of nitrogens with one attached hydrogen (secondary N) is 2. The van der Waals surface area contributed by atoms with Gasteiger partial charge in [-0.25, -0.2) is 9.78 Å². The minimum Gasteiger partial charge on any atom is -0.392 e. The number of carbonyl (C=O) groups excluding carboxylic acids is 1. The van der Waals surface area contributed by atoms with E-state index in [1.165, 1.54) is 0 Å². The second-order valence-electron chi connectivity index (χ2n) is 7.57. The normalized spacial score (nSPS) is 13.2. The molecule has 0 aliphatic rings. The second kappa shape index (κ2) is 8.34. The molecular weight excluding hydrogens is 316 g/mol. The number of benzene rings is 1. The van der Waals surface area contributed by atoms with Crippen LogP contribution in [0.3, 0.4) is 0 Å². The molecule has 1 aromatic heterocycles. The Labute approximate surface area is 149 Å². The van der Waals surface area contributed by atoms with E-state index in [0.29, 0.717) is 13.1 Å². The van der Waals surface area contributed by atoms with Crippen LogP contribution in [-0.2, 0) is 6.54 Å². The summed E-state index contributed by atoms with van der Waals surface area (Å²) in [5.41, 5.74) is 1.73. The summed E-state index contributed by atoms with van der Waals surface area (Å²) < 4.78 is 2.09. The molecule has 0 saturated carbocycles. The predicted octanol–water partition coefficient (Wildman–Crippen LogP) is 2.77. The van der Waals surface area contributed by atoms with Gasteiger partial charge in [-0.3, -0.25) is 0 Å². The van der Waals surface area contributed by atoms with Gasteiger partial charge < -0.3 is 20.3 Å². The fraction of sp³-hybridized carbons (Fsp3) is 0.579. The van der Waals surface area contributed by atoms with Crippen molar-refractivity contribution in [1.82, 2.24) is 20.2 Å². The van der Waals surface area contributed by atoms with E-state index in [1.54, 1.807) is 0 Å². The lowest BCUT2D eigenvalue weighted by Crippen LogP contribution is -2.46. The number of nitrogens with zero attached hydrogens (tertiary/aromatic N) is 2. The van der Waals surface area contributed by atoms with Crippen LogP contribution in [0.1, 0.15) is 34.1 Å². The molecule has 2 rings (SSSR count). The van der Waals surface area contributed by atoms with Crippen LogP contribution in [0.5, 0.6) is 0 Å². The number of aryl methyl sites for hydroxylation is 1. The highest BCUT2D eigenvalue weighted by Crippen LogP contribution is 2.24.